The Hall–Kier alpha value is -2.52. The second-order valence-corrected chi connectivity index (χ2v) is 7.11. The van der Waals surface area contributed by atoms with Gasteiger partial charge in [-0.3, -0.25) is 0 Å². The number of nitrogen functional groups attached to an aromatic ring is 1. The van der Waals surface area contributed by atoms with Crippen molar-refractivity contribution < 1.29 is 17.7 Å². The quantitative estimate of drug-likeness (QED) is 0.539. The van der Waals surface area contributed by atoms with Gasteiger partial charge < -0.3 is 10.3 Å². The number of hydrogen-bond donors (Lipinski definition) is 1. The lowest BCUT2D eigenvalue weighted by Gasteiger charge is -2.22. The Morgan fingerprint density at radius 3 is 1.76 bits per heavy atom. The molecule has 0 amide bonds. The molecule has 0 bridgehead atoms. The highest BCUT2D eigenvalue weighted by molar-refractivity contribution is 7.68. The van der Waals surface area contributed by atoms with E-state index in [1.807, 2.05) is 60.7 Å². The molecule has 0 saturated heterocycles. The van der Waals surface area contributed by atoms with Gasteiger partial charge in [0.2, 0.25) is 0 Å². The van der Waals surface area contributed by atoms with E-state index >= 15 is 0 Å². The van der Waals surface area contributed by atoms with Crippen molar-refractivity contribution in [2.45, 2.75) is 6.18 Å². The average Bonchev–Trinajstić information content (AvgIpc) is 2.61. The van der Waals surface area contributed by atoms with Crippen LogP contribution in [0.1, 0.15) is 5.56 Å². The first-order chi connectivity index (χ1) is 11.9. The summed E-state index contributed by atoms with van der Waals surface area (Å²) in [6.45, 7) is 0. The molecule has 0 heterocycles. The third kappa shape index (κ3) is 4.12. The molecule has 25 heavy (non-hydrogen) atoms. The van der Waals surface area contributed by atoms with Crippen molar-refractivity contribution >= 4 is 24.4 Å². The van der Waals surface area contributed by atoms with Crippen LogP contribution in [-0.4, -0.2) is 0 Å². The molecule has 0 saturated carbocycles. The zero-order valence-electron chi connectivity index (χ0n) is 13.1. The summed E-state index contributed by atoms with van der Waals surface area (Å²) < 4.78 is 46.0. The van der Waals surface area contributed by atoms with Gasteiger partial charge in [-0.15, -0.1) is 0 Å². The van der Waals surface area contributed by atoms with Crippen molar-refractivity contribution in [2.75, 3.05) is 5.73 Å². The maximum Gasteiger partial charge on any atom is 0.420 e. The van der Waals surface area contributed by atoms with Gasteiger partial charge in [-0.1, -0.05) is 60.7 Å². The van der Waals surface area contributed by atoms with Gasteiger partial charge in [0.1, 0.15) is 5.75 Å². The Bertz CT molecular complexity index is 799. The molecule has 3 aromatic rings. The number of halogens is 3. The van der Waals surface area contributed by atoms with Gasteiger partial charge in [-0.25, -0.2) is 0 Å². The van der Waals surface area contributed by atoms with Gasteiger partial charge in [0.15, 0.2) is 8.15 Å². The number of nitrogens with two attached hydrogens (primary N) is 1. The van der Waals surface area contributed by atoms with Crippen molar-refractivity contribution in [1.29, 1.82) is 0 Å². The SMILES string of the molecule is Nc1ccc(OP(c2ccccc2)c2ccccc2)c(C(F)(F)F)c1. The molecular formula is C19H15F3NOP. The van der Waals surface area contributed by atoms with Crippen LogP contribution in [0, 0.1) is 0 Å². The molecule has 0 radical (unpaired) electrons. The van der Waals surface area contributed by atoms with Crippen LogP contribution in [0.25, 0.3) is 0 Å². The van der Waals surface area contributed by atoms with Gasteiger partial charge in [0, 0.05) is 16.3 Å². The molecule has 2 nitrogen and oxygen atoms in total. The lowest BCUT2D eigenvalue weighted by atomic mass is 10.2. The van der Waals surface area contributed by atoms with Gasteiger partial charge in [-0.2, -0.15) is 13.2 Å². The summed E-state index contributed by atoms with van der Waals surface area (Å²) in [4.78, 5) is 0. The maximum atomic E-state index is 13.4. The van der Waals surface area contributed by atoms with Gasteiger partial charge in [0.05, 0.1) is 5.56 Å². The van der Waals surface area contributed by atoms with Crippen LogP contribution < -0.4 is 20.9 Å². The Labute approximate surface area is 144 Å². The second kappa shape index (κ2) is 7.16. The largest absolute Gasteiger partial charge is 0.464 e. The third-order valence-electron chi connectivity index (χ3n) is 3.48. The first kappa shape index (κ1) is 17.3. The Morgan fingerprint density at radius 2 is 1.28 bits per heavy atom. The van der Waals surface area contributed by atoms with Gasteiger partial charge in [0.25, 0.3) is 0 Å². The maximum absolute atomic E-state index is 13.4. The summed E-state index contributed by atoms with van der Waals surface area (Å²) >= 11 is 0. The predicted octanol–water partition coefficient (Wildman–Crippen LogP) is 4.71. The molecule has 0 aromatic heterocycles. The molecule has 128 valence electrons. The van der Waals surface area contributed by atoms with Crippen molar-refractivity contribution in [3.63, 3.8) is 0 Å². The minimum Gasteiger partial charge on any atom is -0.464 e. The molecule has 6 heteroatoms. The molecule has 0 fully saturated rings. The smallest absolute Gasteiger partial charge is 0.420 e. The summed E-state index contributed by atoms with van der Waals surface area (Å²) in [6.07, 6.45) is -4.54. The first-order valence-electron chi connectivity index (χ1n) is 7.50. The number of alkyl halides is 3. The highest BCUT2D eigenvalue weighted by atomic mass is 31.1. The molecule has 0 aliphatic rings. The van der Waals surface area contributed by atoms with Crippen LogP contribution in [0.4, 0.5) is 18.9 Å². The van der Waals surface area contributed by atoms with E-state index in [0.717, 1.165) is 16.7 Å². The highest BCUT2D eigenvalue weighted by Crippen LogP contribution is 2.43. The zero-order chi connectivity index (χ0) is 17.9. The molecule has 0 atom stereocenters. The number of anilines is 1. The minimum absolute atomic E-state index is 0.0448. The summed E-state index contributed by atoms with van der Waals surface area (Å²) in [5, 5.41) is 1.65. The summed E-state index contributed by atoms with van der Waals surface area (Å²) in [6, 6.07) is 22.1. The fourth-order valence-electron chi connectivity index (χ4n) is 2.33. The number of benzene rings is 3. The van der Waals surface area contributed by atoms with E-state index in [1.54, 1.807) is 0 Å². The molecule has 0 unspecified atom stereocenters. The lowest BCUT2D eigenvalue weighted by Crippen LogP contribution is -2.17. The summed E-state index contributed by atoms with van der Waals surface area (Å²) in [5.74, 6) is -0.222. The molecular weight excluding hydrogens is 346 g/mol. The average molecular weight is 361 g/mol. The highest BCUT2D eigenvalue weighted by Gasteiger charge is 2.35. The monoisotopic (exact) mass is 361 g/mol. The van der Waals surface area contributed by atoms with Crippen LogP contribution in [-0.2, 0) is 6.18 Å². The molecule has 0 aliphatic heterocycles. The molecule has 3 rings (SSSR count). The first-order valence-corrected chi connectivity index (χ1v) is 8.76. The topological polar surface area (TPSA) is 35.2 Å². The van der Waals surface area contributed by atoms with Gasteiger partial charge >= 0.3 is 6.18 Å². The van der Waals surface area contributed by atoms with E-state index in [1.165, 1.54) is 12.1 Å². The number of hydrogen-bond acceptors (Lipinski definition) is 2. The van der Waals surface area contributed by atoms with Crippen LogP contribution in [0.5, 0.6) is 5.75 Å². The fraction of sp³-hybridized carbons (Fsp3) is 0.0526. The van der Waals surface area contributed by atoms with Crippen LogP contribution in [0.2, 0.25) is 0 Å². The second-order valence-electron chi connectivity index (χ2n) is 5.31. The lowest BCUT2D eigenvalue weighted by molar-refractivity contribution is -0.138. The molecule has 2 N–H and O–H groups in total. The van der Waals surface area contributed by atoms with E-state index in [0.29, 0.717) is 0 Å². The van der Waals surface area contributed by atoms with E-state index in [9.17, 15) is 13.2 Å². The molecule has 0 aliphatic carbocycles. The van der Waals surface area contributed by atoms with Crippen molar-refractivity contribution in [3.8, 4) is 5.75 Å². The van der Waals surface area contributed by atoms with Gasteiger partial charge in [-0.05, 0) is 18.2 Å². The number of rotatable bonds is 4. The normalized spacial score (nSPS) is 11.5. The Kier molecular flexibility index (Phi) is 4.95. The van der Waals surface area contributed by atoms with E-state index < -0.39 is 19.9 Å². The van der Waals surface area contributed by atoms with Crippen LogP contribution >= 0.6 is 8.15 Å². The van der Waals surface area contributed by atoms with Crippen molar-refractivity contribution in [3.05, 3.63) is 84.4 Å². The summed E-state index contributed by atoms with van der Waals surface area (Å²) in [5.41, 5.74) is 4.70. The zero-order valence-corrected chi connectivity index (χ0v) is 14.0. The van der Waals surface area contributed by atoms with Crippen molar-refractivity contribution in [2.24, 2.45) is 0 Å². The minimum atomic E-state index is -4.54. The Morgan fingerprint density at radius 1 is 0.760 bits per heavy atom. The van der Waals surface area contributed by atoms with Crippen LogP contribution in [0.3, 0.4) is 0 Å². The fourth-order valence-corrected chi connectivity index (χ4v) is 4.08. The van der Waals surface area contributed by atoms with Crippen molar-refractivity contribution in [1.82, 2.24) is 0 Å². The van der Waals surface area contributed by atoms with E-state index in [4.69, 9.17) is 10.3 Å². The third-order valence-corrected chi connectivity index (χ3v) is 5.39. The van der Waals surface area contributed by atoms with E-state index in [-0.39, 0.29) is 11.4 Å². The molecule has 0 spiro atoms. The Balaban J connectivity index is 2.06. The predicted molar refractivity (Wildman–Crippen MR) is 95.6 cm³/mol. The standard InChI is InChI=1S/C19H15F3NOP/c20-19(21,22)17-13-14(23)11-12-18(17)24-25(15-7-3-1-4-8-15)16-9-5-2-6-10-16/h1-13H,23H2. The van der Waals surface area contributed by atoms with E-state index in [2.05, 4.69) is 0 Å². The summed E-state index contributed by atoms with van der Waals surface area (Å²) in [7, 11) is -1.44. The van der Waals surface area contributed by atoms with Crippen LogP contribution in [0.15, 0.2) is 78.9 Å². The molecule has 3 aromatic carbocycles.